The fourth-order valence-electron chi connectivity index (χ4n) is 2.65. The number of aryl methyl sites for hydroxylation is 1. The zero-order chi connectivity index (χ0) is 14.3. The van der Waals surface area contributed by atoms with E-state index in [1.165, 1.54) is 24.0 Å². The van der Waals surface area contributed by atoms with Gasteiger partial charge in [-0.1, -0.05) is 6.92 Å². The standard InChI is InChI=1S/C11H17N3O4S/c1-3-11(10(15)16)6-4-8-14(11)19(17,18)9-5-7-12-13(9)2/h5,7H,3-4,6,8H2,1-2H3,(H,15,16). The first-order valence-corrected chi connectivity index (χ1v) is 7.54. The Morgan fingerprint density at radius 3 is 2.74 bits per heavy atom. The molecule has 8 heteroatoms. The molecule has 0 spiro atoms. The molecule has 0 bridgehead atoms. The van der Waals surface area contributed by atoms with E-state index >= 15 is 0 Å². The molecule has 1 saturated heterocycles. The summed E-state index contributed by atoms with van der Waals surface area (Å²) in [5.41, 5.74) is -1.33. The number of aromatic nitrogens is 2. The van der Waals surface area contributed by atoms with Crippen LogP contribution in [0.15, 0.2) is 17.3 Å². The van der Waals surface area contributed by atoms with Crippen LogP contribution in [0.25, 0.3) is 0 Å². The summed E-state index contributed by atoms with van der Waals surface area (Å²) in [6.07, 6.45) is 2.53. The van der Waals surface area contributed by atoms with Gasteiger partial charge in [0.05, 0.1) is 6.20 Å². The Morgan fingerprint density at radius 1 is 1.58 bits per heavy atom. The summed E-state index contributed by atoms with van der Waals surface area (Å²) in [5, 5.41) is 13.3. The van der Waals surface area contributed by atoms with Crippen LogP contribution < -0.4 is 0 Å². The number of aliphatic carboxylic acids is 1. The van der Waals surface area contributed by atoms with E-state index in [9.17, 15) is 18.3 Å². The second-order valence-corrected chi connectivity index (χ2v) is 6.47. The summed E-state index contributed by atoms with van der Waals surface area (Å²) in [4.78, 5) is 11.5. The molecule has 106 valence electrons. The van der Waals surface area contributed by atoms with Gasteiger partial charge in [0, 0.05) is 13.6 Å². The predicted octanol–water partition coefficient (Wildman–Crippen LogP) is 0.438. The van der Waals surface area contributed by atoms with Gasteiger partial charge < -0.3 is 5.11 Å². The molecule has 0 aromatic carbocycles. The second-order valence-electron chi connectivity index (χ2n) is 4.66. The fraction of sp³-hybridized carbons (Fsp3) is 0.636. The van der Waals surface area contributed by atoms with Crippen LogP contribution in [0.3, 0.4) is 0 Å². The van der Waals surface area contributed by atoms with Crippen molar-refractivity contribution in [3.8, 4) is 0 Å². The van der Waals surface area contributed by atoms with E-state index in [-0.39, 0.29) is 18.0 Å². The van der Waals surface area contributed by atoms with E-state index in [1.807, 2.05) is 0 Å². The summed E-state index contributed by atoms with van der Waals surface area (Å²) in [6.45, 7) is 1.93. The molecule has 1 aliphatic heterocycles. The van der Waals surface area contributed by atoms with Crippen molar-refractivity contribution in [3.63, 3.8) is 0 Å². The van der Waals surface area contributed by atoms with Crippen LogP contribution in [0.2, 0.25) is 0 Å². The Labute approximate surface area is 111 Å². The Balaban J connectivity index is 2.52. The lowest BCUT2D eigenvalue weighted by atomic mass is 9.95. The van der Waals surface area contributed by atoms with Crippen LogP contribution in [-0.2, 0) is 21.9 Å². The van der Waals surface area contributed by atoms with Crippen molar-refractivity contribution >= 4 is 16.0 Å². The SMILES string of the molecule is CCC1(C(=O)O)CCCN1S(=O)(=O)c1ccnn1C. The molecule has 1 unspecified atom stereocenters. The van der Waals surface area contributed by atoms with E-state index in [2.05, 4.69) is 5.10 Å². The van der Waals surface area contributed by atoms with E-state index in [1.54, 1.807) is 6.92 Å². The minimum atomic E-state index is -3.84. The topological polar surface area (TPSA) is 92.5 Å². The zero-order valence-corrected chi connectivity index (χ0v) is 11.7. The highest BCUT2D eigenvalue weighted by Crippen LogP contribution is 2.37. The van der Waals surface area contributed by atoms with Crippen LogP contribution in [0, 0.1) is 0 Å². The number of carbonyl (C=O) groups is 1. The minimum Gasteiger partial charge on any atom is -0.480 e. The molecule has 0 aliphatic carbocycles. The number of rotatable bonds is 4. The lowest BCUT2D eigenvalue weighted by Crippen LogP contribution is -2.52. The quantitative estimate of drug-likeness (QED) is 0.867. The number of nitrogens with zero attached hydrogens (tertiary/aromatic N) is 3. The maximum atomic E-state index is 12.6. The molecule has 0 amide bonds. The van der Waals surface area contributed by atoms with Crippen molar-refractivity contribution in [1.29, 1.82) is 0 Å². The highest BCUT2D eigenvalue weighted by atomic mass is 32.2. The third-order valence-corrected chi connectivity index (χ3v) is 5.78. The van der Waals surface area contributed by atoms with Gasteiger partial charge in [-0.15, -0.1) is 0 Å². The number of carboxylic acids is 1. The van der Waals surface area contributed by atoms with E-state index < -0.39 is 21.5 Å². The third-order valence-electron chi connectivity index (χ3n) is 3.74. The number of sulfonamides is 1. The summed E-state index contributed by atoms with van der Waals surface area (Å²) < 4.78 is 27.6. The first-order chi connectivity index (χ1) is 8.86. The molecule has 1 aliphatic rings. The summed E-state index contributed by atoms with van der Waals surface area (Å²) in [6, 6.07) is 1.38. The van der Waals surface area contributed by atoms with Crippen molar-refractivity contribution in [2.45, 2.75) is 36.8 Å². The van der Waals surface area contributed by atoms with Gasteiger partial charge in [0.2, 0.25) is 0 Å². The Kier molecular flexibility index (Phi) is 3.40. The lowest BCUT2D eigenvalue weighted by molar-refractivity contribution is -0.147. The minimum absolute atomic E-state index is 0.0217. The van der Waals surface area contributed by atoms with Gasteiger partial charge in [0.1, 0.15) is 5.54 Å². The molecule has 0 radical (unpaired) electrons. The van der Waals surface area contributed by atoms with Gasteiger partial charge in [-0.2, -0.15) is 9.40 Å². The molecule has 19 heavy (non-hydrogen) atoms. The lowest BCUT2D eigenvalue weighted by Gasteiger charge is -2.32. The first-order valence-electron chi connectivity index (χ1n) is 6.10. The van der Waals surface area contributed by atoms with Crippen molar-refractivity contribution in [2.75, 3.05) is 6.54 Å². The molecular weight excluding hydrogens is 270 g/mol. The maximum Gasteiger partial charge on any atom is 0.325 e. The largest absolute Gasteiger partial charge is 0.480 e. The van der Waals surface area contributed by atoms with Gasteiger partial charge in [-0.3, -0.25) is 9.48 Å². The van der Waals surface area contributed by atoms with Gasteiger partial charge in [-0.25, -0.2) is 8.42 Å². The summed E-state index contributed by atoms with van der Waals surface area (Å²) >= 11 is 0. The molecule has 1 aromatic rings. The zero-order valence-electron chi connectivity index (χ0n) is 10.9. The van der Waals surface area contributed by atoms with E-state index in [0.717, 1.165) is 4.31 Å². The second kappa shape index (κ2) is 4.61. The normalized spacial score (nSPS) is 24.7. The van der Waals surface area contributed by atoms with Crippen LogP contribution in [0.5, 0.6) is 0 Å². The van der Waals surface area contributed by atoms with Crippen LogP contribution in [0.1, 0.15) is 26.2 Å². The van der Waals surface area contributed by atoms with E-state index in [4.69, 9.17) is 0 Å². The molecule has 2 heterocycles. The fourth-order valence-corrected chi connectivity index (χ4v) is 4.62. The molecule has 1 aromatic heterocycles. The number of hydrogen-bond donors (Lipinski definition) is 1. The summed E-state index contributed by atoms with van der Waals surface area (Å²) in [5.74, 6) is -1.08. The molecule has 7 nitrogen and oxygen atoms in total. The smallest absolute Gasteiger partial charge is 0.325 e. The Morgan fingerprint density at radius 2 is 2.26 bits per heavy atom. The highest BCUT2D eigenvalue weighted by Gasteiger charge is 2.52. The first kappa shape index (κ1) is 14.0. The number of hydrogen-bond acceptors (Lipinski definition) is 4. The van der Waals surface area contributed by atoms with Crippen molar-refractivity contribution < 1.29 is 18.3 Å². The van der Waals surface area contributed by atoms with Crippen molar-refractivity contribution in [2.24, 2.45) is 7.05 Å². The van der Waals surface area contributed by atoms with Crippen LogP contribution in [0.4, 0.5) is 0 Å². The van der Waals surface area contributed by atoms with Gasteiger partial charge >= 0.3 is 5.97 Å². The molecule has 0 saturated carbocycles. The Hall–Kier alpha value is -1.41. The van der Waals surface area contributed by atoms with Crippen LogP contribution >= 0.6 is 0 Å². The van der Waals surface area contributed by atoms with Crippen LogP contribution in [-0.4, -0.2) is 45.7 Å². The van der Waals surface area contributed by atoms with E-state index in [0.29, 0.717) is 12.8 Å². The van der Waals surface area contributed by atoms with Gasteiger partial charge in [-0.05, 0) is 25.3 Å². The summed E-state index contributed by atoms with van der Waals surface area (Å²) in [7, 11) is -2.31. The average molecular weight is 287 g/mol. The molecular formula is C11H17N3O4S. The predicted molar refractivity (Wildman–Crippen MR) is 67.0 cm³/mol. The molecule has 1 atom stereocenters. The highest BCUT2D eigenvalue weighted by molar-refractivity contribution is 7.89. The monoisotopic (exact) mass is 287 g/mol. The van der Waals surface area contributed by atoms with Crippen molar-refractivity contribution in [1.82, 2.24) is 14.1 Å². The maximum absolute atomic E-state index is 12.6. The average Bonchev–Trinajstić information content (AvgIpc) is 2.95. The molecule has 2 rings (SSSR count). The third kappa shape index (κ3) is 1.95. The number of carboxylic acid groups (broad SMARTS) is 1. The van der Waals surface area contributed by atoms with Gasteiger partial charge in [0.25, 0.3) is 10.0 Å². The molecule has 1 fully saturated rings. The Bertz CT molecular complexity index is 595. The van der Waals surface area contributed by atoms with Crippen molar-refractivity contribution in [3.05, 3.63) is 12.3 Å². The molecule has 1 N–H and O–H groups in total. The van der Waals surface area contributed by atoms with Gasteiger partial charge in [0.15, 0.2) is 5.03 Å².